The summed E-state index contributed by atoms with van der Waals surface area (Å²) in [5.41, 5.74) is 7.95. The highest BCUT2D eigenvalue weighted by atomic mass is 14.9. The zero-order chi connectivity index (χ0) is 12.0. The zero-order valence-electron chi connectivity index (χ0n) is 10.5. The highest BCUT2D eigenvalue weighted by Crippen LogP contribution is 2.24. The number of rotatable bonds is 6. The first-order chi connectivity index (χ1) is 7.65. The molecule has 0 spiro atoms. The van der Waals surface area contributed by atoms with E-state index in [-0.39, 0.29) is 0 Å². The Morgan fingerprint density at radius 3 is 2.69 bits per heavy atom. The first-order valence-corrected chi connectivity index (χ1v) is 6.07. The molecule has 0 aromatic carbocycles. The van der Waals surface area contributed by atoms with Crippen LogP contribution in [0.15, 0.2) is 18.5 Å². The minimum atomic E-state index is 0.334. The molecule has 1 atom stereocenters. The van der Waals surface area contributed by atoms with E-state index < -0.39 is 0 Å². The second-order valence-electron chi connectivity index (χ2n) is 4.59. The van der Waals surface area contributed by atoms with Gasteiger partial charge in [-0.25, -0.2) is 0 Å². The van der Waals surface area contributed by atoms with Gasteiger partial charge in [0.25, 0.3) is 0 Å². The summed E-state index contributed by atoms with van der Waals surface area (Å²) in [5, 5.41) is 3.48. The zero-order valence-corrected chi connectivity index (χ0v) is 10.5. The molecule has 0 aliphatic heterocycles. The molecule has 3 heteroatoms. The van der Waals surface area contributed by atoms with Gasteiger partial charge in [0.15, 0.2) is 0 Å². The van der Waals surface area contributed by atoms with Crippen molar-refractivity contribution in [3.05, 3.63) is 24.0 Å². The predicted molar refractivity (Wildman–Crippen MR) is 69.1 cm³/mol. The molecule has 1 heterocycles. The van der Waals surface area contributed by atoms with Crippen LogP contribution < -0.4 is 11.1 Å². The van der Waals surface area contributed by atoms with Crippen LogP contribution in [0.5, 0.6) is 0 Å². The maximum atomic E-state index is 5.98. The SMILES string of the molecule is CCNC(CCC(C)C)c1cnccc1N. The molecule has 3 N–H and O–H groups in total. The van der Waals surface area contributed by atoms with E-state index >= 15 is 0 Å². The normalized spacial score (nSPS) is 13.0. The molecule has 16 heavy (non-hydrogen) atoms. The average molecular weight is 221 g/mol. The Bertz CT molecular complexity index is 310. The smallest absolute Gasteiger partial charge is 0.0393 e. The Morgan fingerprint density at radius 2 is 2.12 bits per heavy atom. The molecule has 0 saturated carbocycles. The van der Waals surface area contributed by atoms with E-state index in [2.05, 4.69) is 31.1 Å². The summed E-state index contributed by atoms with van der Waals surface area (Å²) in [7, 11) is 0. The van der Waals surface area contributed by atoms with Crippen LogP contribution in [-0.4, -0.2) is 11.5 Å². The number of anilines is 1. The van der Waals surface area contributed by atoms with E-state index in [1.54, 1.807) is 6.20 Å². The second-order valence-corrected chi connectivity index (χ2v) is 4.59. The van der Waals surface area contributed by atoms with Crippen LogP contribution in [0.3, 0.4) is 0 Å². The first kappa shape index (κ1) is 13.0. The lowest BCUT2D eigenvalue weighted by Crippen LogP contribution is -2.22. The number of aromatic nitrogens is 1. The highest BCUT2D eigenvalue weighted by molar-refractivity contribution is 5.46. The molecule has 0 aliphatic rings. The summed E-state index contributed by atoms with van der Waals surface area (Å²) in [6.07, 6.45) is 5.93. The van der Waals surface area contributed by atoms with Crippen LogP contribution >= 0.6 is 0 Å². The summed E-state index contributed by atoms with van der Waals surface area (Å²) < 4.78 is 0. The Hall–Kier alpha value is -1.09. The van der Waals surface area contributed by atoms with Crippen LogP contribution in [0.2, 0.25) is 0 Å². The van der Waals surface area contributed by atoms with Crippen molar-refractivity contribution in [2.75, 3.05) is 12.3 Å². The molecule has 3 nitrogen and oxygen atoms in total. The van der Waals surface area contributed by atoms with E-state index in [9.17, 15) is 0 Å². The van der Waals surface area contributed by atoms with Gasteiger partial charge in [0.05, 0.1) is 0 Å². The lowest BCUT2D eigenvalue weighted by molar-refractivity contribution is 0.448. The standard InChI is InChI=1S/C13H23N3/c1-4-16-13(6-5-10(2)3)11-9-15-8-7-12(11)14/h7-10,13,16H,4-6H2,1-3H3,(H2,14,15). The first-order valence-electron chi connectivity index (χ1n) is 6.07. The summed E-state index contributed by atoms with van der Waals surface area (Å²) in [6, 6.07) is 2.20. The minimum absolute atomic E-state index is 0.334. The molecule has 1 rings (SSSR count). The van der Waals surface area contributed by atoms with Crippen molar-refractivity contribution >= 4 is 5.69 Å². The van der Waals surface area contributed by atoms with Crippen LogP contribution in [0.1, 0.15) is 45.2 Å². The lowest BCUT2D eigenvalue weighted by atomic mass is 9.98. The van der Waals surface area contributed by atoms with Crippen molar-refractivity contribution in [1.29, 1.82) is 0 Å². The second kappa shape index (κ2) is 6.48. The van der Waals surface area contributed by atoms with Gasteiger partial charge in [0.1, 0.15) is 0 Å². The Balaban J connectivity index is 2.73. The molecule has 0 saturated heterocycles. The van der Waals surface area contributed by atoms with Crippen LogP contribution in [0.25, 0.3) is 0 Å². The highest BCUT2D eigenvalue weighted by Gasteiger charge is 2.13. The predicted octanol–water partition coefficient (Wildman–Crippen LogP) is 2.75. The number of nitrogens with two attached hydrogens (primary N) is 1. The number of pyridine rings is 1. The van der Waals surface area contributed by atoms with Gasteiger partial charge >= 0.3 is 0 Å². The lowest BCUT2D eigenvalue weighted by Gasteiger charge is -2.20. The van der Waals surface area contributed by atoms with Crippen molar-refractivity contribution in [1.82, 2.24) is 10.3 Å². The Kier molecular flexibility index (Phi) is 5.26. The van der Waals surface area contributed by atoms with Gasteiger partial charge in [-0.05, 0) is 31.4 Å². The van der Waals surface area contributed by atoms with E-state index in [0.717, 1.165) is 30.1 Å². The van der Waals surface area contributed by atoms with Crippen molar-refractivity contribution in [2.45, 2.75) is 39.7 Å². The third-order valence-corrected chi connectivity index (χ3v) is 2.75. The van der Waals surface area contributed by atoms with E-state index in [1.165, 1.54) is 6.42 Å². The van der Waals surface area contributed by atoms with Crippen LogP contribution in [-0.2, 0) is 0 Å². The fourth-order valence-corrected chi connectivity index (χ4v) is 1.82. The number of nitrogens with one attached hydrogen (secondary N) is 1. The number of hydrogen-bond acceptors (Lipinski definition) is 3. The van der Waals surface area contributed by atoms with Gasteiger partial charge in [-0.15, -0.1) is 0 Å². The molecular weight excluding hydrogens is 198 g/mol. The molecule has 1 aromatic rings. The number of hydrogen-bond donors (Lipinski definition) is 2. The van der Waals surface area contributed by atoms with Crippen molar-refractivity contribution in [3.8, 4) is 0 Å². The third-order valence-electron chi connectivity index (χ3n) is 2.75. The topological polar surface area (TPSA) is 50.9 Å². The molecule has 0 bridgehead atoms. The van der Waals surface area contributed by atoms with Gasteiger partial charge in [0.2, 0.25) is 0 Å². The molecule has 1 unspecified atom stereocenters. The summed E-state index contributed by atoms with van der Waals surface area (Å²) in [5.74, 6) is 0.721. The minimum Gasteiger partial charge on any atom is -0.398 e. The summed E-state index contributed by atoms with van der Waals surface area (Å²) >= 11 is 0. The van der Waals surface area contributed by atoms with Crippen molar-refractivity contribution < 1.29 is 0 Å². The molecule has 0 fully saturated rings. The fourth-order valence-electron chi connectivity index (χ4n) is 1.82. The Labute approximate surface area is 98.5 Å². The van der Waals surface area contributed by atoms with Gasteiger partial charge in [-0.2, -0.15) is 0 Å². The van der Waals surface area contributed by atoms with Crippen LogP contribution in [0, 0.1) is 5.92 Å². The molecule has 0 amide bonds. The maximum absolute atomic E-state index is 5.98. The largest absolute Gasteiger partial charge is 0.398 e. The third kappa shape index (κ3) is 3.81. The summed E-state index contributed by atoms with van der Waals surface area (Å²) in [4.78, 5) is 4.16. The average Bonchev–Trinajstić information content (AvgIpc) is 2.25. The molecule has 0 radical (unpaired) electrons. The molecule has 0 aliphatic carbocycles. The van der Waals surface area contributed by atoms with Gasteiger partial charge in [-0.1, -0.05) is 20.8 Å². The molecular formula is C13H23N3. The van der Waals surface area contributed by atoms with Gasteiger partial charge in [-0.3, -0.25) is 4.98 Å². The maximum Gasteiger partial charge on any atom is 0.0393 e. The van der Waals surface area contributed by atoms with E-state index in [1.807, 2.05) is 12.3 Å². The van der Waals surface area contributed by atoms with Crippen molar-refractivity contribution in [3.63, 3.8) is 0 Å². The van der Waals surface area contributed by atoms with Gasteiger partial charge < -0.3 is 11.1 Å². The fraction of sp³-hybridized carbons (Fsp3) is 0.615. The molecule has 90 valence electrons. The van der Waals surface area contributed by atoms with E-state index in [4.69, 9.17) is 5.73 Å². The van der Waals surface area contributed by atoms with Crippen molar-refractivity contribution in [2.24, 2.45) is 5.92 Å². The quantitative estimate of drug-likeness (QED) is 0.776. The Morgan fingerprint density at radius 1 is 1.38 bits per heavy atom. The molecule has 1 aromatic heterocycles. The van der Waals surface area contributed by atoms with E-state index in [0.29, 0.717) is 6.04 Å². The number of nitrogens with zero attached hydrogens (tertiary/aromatic N) is 1. The number of nitrogen functional groups attached to an aromatic ring is 1. The van der Waals surface area contributed by atoms with Gasteiger partial charge in [0, 0.05) is 29.7 Å². The van der Waals surface area contributed by atoms with Crippen LogP contribution in [0.4, 0.5) is 5.69 Å². The summed E-state index contributed by atoms with van der Waals surface area (Å²) in [6.45, 7) is 7.57. The monoisotopic (exact) mass is 221 g/mol.